The van der Waals surface area contributed by atoms with Gasteiger partial charge in [-0.15, -0.1) is 0 Å². The van der Waals surface area contributed by atoms with E-state index in [-0.39, 0.29) is 16.4 Å². The van der Waals surface area contributed by atoms with Crippen LogP contribution in [0.1, 0.15) is 18.6 Å². The van der Waals surface area contributed by atoms with Crippen molar-refractivity contribution in [2.75, 3.05) is 5.32 Å². The molecule has 1 N–H and O–H groups in total. The van der Waals surface area contributed by atoms with Crippen LogP contribution in [0.2, 0.25) is 5.02 Å². The summed E-state index contributed by atoms with van der Waals surface area (Å²) in [5.74, 6) is -1.31. The van der Waals surface area contributed by atoms with Gasteiger partial charge in [0.15, 0.2) is 0 Å². The third kappa shape index (κ3) is 4.90. The van der Waals surface area contributed by atoms with Crippen LogP contribution >= 0.6 is 11.6 Å². The van der Waals surface area contributed by atoms with Crippen LogP contribution < -0.4 is 5.32 Å². The quantitative estimate of drug-likeness (QED) is 0.356. The van der Waals surface area contributed by atoms with Crippen molar-refractivity contribution in [3.63, 3.8) is 0 Å². The number of nitrogens with one attached hydrogen (secondary N) is 1. The number of nitro groups is 1. The smallest absolute Gasteiger partial charge is 0.331 e. The second-order valence-corrected chi connectivity index (χ2v) is 5.55. The fourth-order valence-electron chi connectivity index (χ4n) is 2.11. The number of esters is 1. The molecular weight excluding hydrogens is 360 g/mol. The number of carbonyl (C=O) groups excluding carboxylic acids is 2. The van der Waals surface area contributed by atoms with E-state index in [1.54, 1.807) is 37.3 Å². The molecule has 7 nitrogen and oxygen atoms in total. The van der Waals surface area contributed by atoms with E-state index >= 15 is 0 Å². The van der Waals surface area contributed by atoms with E-state index in [4.69, 9.17) is 16.3 Å². The molecule has 0 aromatic heterocycles. The topological polar surface area (TPSA) is 98.5 Å². The number of non-ortho nitro benzene ring substituents is 1. The molecule has 1 amide bonds. The lowest BCUT2D eigenvalue weighted by atomic mass is 10.1. The van der Waals surface area contributed by atoms with Crippen LogP contribution in [-0.2, 0) is 14.3 Å². The first-order chi connectivity index (χ1) is 12.4. The first-order valence-electron chi connectivity index (χ1n) is 7.55. The number of nitrogens with zero attached hydrogens (tertiary/aromatic N) is 1. The molecule has 1 unspecified atom stereocenters. The predicted octanol–water partition coefficient (Wildman–Crippen LogP) is 4.05. The van der Waals surface area contributed by atoms with Crippen molar-refractivity contribution in [2.45, 2.75) is 13.0 Å². The molecule has 0 spiro atoms. The summed E-state index contributed by atoms with van der Waals surface area (Å²) in [7, 11) is 0. The van der Waals surface area contributed by atoms with E-state index in [1.807, 2.05) is 0 Å². The molecule has 8 heteroatoms. The van der Waals surface area contributed by atoms with Crippen LogP contribution in [0.25, 0.3) is 0 Å². The molecular formula is C18H15ClN2O5. The molecule has 0 heterocycles. The van der Waals surface area contributed by atoms with Crippen molar-refractivity contribution in [1.82, 2.24) is 0 Å². The number of allylic oxidation sites excluding steroid dienone is 1. The van der Waals surface area contributed by atoms with Crippen molar-refractivity contribution in [2.24, 2.45) is 0 Å². The van der Waals surface area contributed by atoms with Gasteiger partial charge in [0.25, 0.3) is 11.6 Å². The van der Waals surface area contributed by atoms with Crippen LogP contribution in [0.3, 0.4) is 0 Å². The van der Waals surface area contributed by atoms with Gasteiger partial charge >= 0.3 is 5.97 Å². The van der Waals surface area contributed by atoms with Crippen molar-refractivity contribution < 1.29 is 19.2 Å². The second-order valence-electron chi connectivity index (χ2n) is 5.14. The normalized spacial score (nSPS) is 11.8. The molecule has 0 fully saturated rings. The number of benzene rings is 2. The van der Waals surface area contributed by atoms with Gasteiger partial charge in [0.2, 0.25) is 6.10 Å². The molecule has 134 valence electrons. The Kier molecular flexibility index (Phi) is 6.46. The number of rotatable bonds is 6. The molecule has 0 aliphatic heterocycles. The number of halogens is 1. The van der Waals surface area contributed by atoms with E-state index in [9.17, 15) is 19.7 Å². The molecule has 0 saturated heterocycles. The first-order valence-corrected chi connectivity index (χ1v) is 7.93. The molecule has 2 rings (SSSR count). The second kappa shape index (κ2) is 8.77. The number of hydrogen-bond donors (Lipinski definition) is 1. The summed E-state index contributed by atoms with van der Waals surface area (Å²) < 4.78 is 5.22. The lowest BCUT2D eigenvalue weighted by Crippen LogP contribution is -2.25. The third-order valence-corrected chi connectivity index (χ3v) is 3.61. The Hall–Kier alpha value is -3.19. The summed E-state index contributed by atoms with van der Waals surface area (Å²) in [6, 6.07) is 12.1. The number of hydrogen-bond acceptors (Lipinski definition) is 5. The van der Waals surface area contributed by atoms with Gasteiger partial charge in [-0.05, 0) is 13.0 Å². The van der Waals surface area contributed by atoms with Gasteiger partial charge in [-0.3, -0.25) is 14.9 Å². The van der Waals surface area contributed by atoms with E-state index in [0.717, 1.165) is 6.07 Å². The molecule has 0 saturated carbocycles. The summed E-state index contributed by atoms with van der Waals surface area (Å²) >= 11 is 5.99. The highest BCUT2D eigenvalue weighted by atomic mass is 35.5. The highest BCUT2D eigenvalue weighted by Gasteiger charge is 2.25. The first kappa shape index (κ1) is 19.1. The average Bonchev–Trinajstić information content (AvgIpc) is 2.62. The van der Waals surface area contributed by atoms with Crippen molar-refractivity contribution in [1.29, 1.82) is 0 Å². The van der Waals surface area contributed by atoms with Crippen LogP contribution in [0, 0.1) is 10.1 Å². The van der Waals surface area contributed by atoms with Crippen LogP contribution in [-0.4, -0.2) is 16.8 Å². The number of anilines is 1. The lowest BCUT2D eigenvalue weighted by Gasteiger charge is -2.17. The highest BCUT2D eigenvalue weighted by Crippen LogP contribution is 2.28. The van der Waals surface area contributed by atoms with Gasteiger partial charge in [-0.1, -0.05) is 48.0 Å². The maximum atomic E-state index is 12.6. The van der Waals surface area contributed by atoms with Crippen molar-refractivity contribution >= 4 is 34.9 Å². The number of nitro benzene ring substituents is 1. The minimum absolute atomic E-state index is 0.000794. The zero-order valence-electron chi connectivity index (χ0n) is 13.7. The van der Waals surface area contributed by atoms with E-state index in [0.29, 0.717) is 5.56 Å². The van der Waals surface area contributed by atoms with Gasteiger partial charge in [-0.25, -0.2) is 4.79 Å². The third-order valence-electron chi connectivity index (χ3n) is 3.30. The summed E-state index contributed by atoms with van der Waals surface area (Å²) in [5.41, 5.74) is 0.443. The Morgan fingerprint density at radius 1 is 1.23 bits per heavy atom. The van der Waals surface area contributed by atoms with Gasteiger partial charge in [0, 0.05) is 23.8 Å². The molecule has 0 bridgehead atoms. The standard InChI is InChI=1S/C18H15ClN2O5/c1-2-6-16(22)26-17(12-7-4-3-5-8-12)18(23)20-15-10-9-13(21(24)25)11-14(15)19/h2-11,17H,1H3,(H,20,23)/b6-2+. The minimum Gasteiger partial charge on any atom is -0.444 e. The van der Waals surface area contributed by atoms with E-state index < -0.39 is 22.9 Å². The fourth-order valence-corrected chi connectivity index (χ4v) is 2.33. The molecule has 0 radical (unpaired) electrons. The summed E-state index contributed by atoms with van der Waals surface area (Å²) in [4.78, 5) is 34.6. The number of ether oxygens (including phenoxy) is 1. The zero-order valence-corrected chi connectivity index (χ0v) is 14.5. The van der Waals surface area contributed by atoms with Gasteiger partial charge in [-0.2, -0.15) is 0 Å². The largest absolute Gasteiger partial charge is 0.444 e. The number of carbonyl (C=O) groups is 2. The Labute approximate surface area is 154 Å². The van der Waals surface area contributed by atoms with Gasteiger partial charge < -0.3 is 10.1 Å². The summed E-state index contributed by atoms with van der Waals surface area (Å²) in [6.07, 6.45) is 1.49. The molecule has 0 aliphatic carbocycles. The predicted molar refractivity (Wildman–Crippen MR) is 96.8 cm³/mol. The van der Waals surface area contributed by atoms with Crippen LogP contribution in [0.5, 0.6) is 0 Å². The SMILES string of the molecule is C/C=C/C(=O)OC(C(=O)Nc1ccc([N+](=O)[O-])cc1Cl)c1ccccc1. The molecule has 2 aromatic rings. The Balaban J connectivity index is 2.26. The molecule has 2 aromatic carbocycles. The Bertz CT molecular complexity index is 852. The summed E-state index contributed by atoms with van der Waals surface area (Å²) in [5, 5.41) is 13.3. The lowest BCUT2D eigenvalue weighted by molar-refractivity contribution is -0.384. The molecule has 0 aliphatic rings. The monoisotopic (exact) mass is 374 g/mol. The van der Waals surface area contributed by atoms with E-state index in [1.165, 1.54) is 24.3 Å². The van der Waals surface area contributed by atoms with Crippen molar-refractivity contribution in [3.05, 3.63) is 81.4 Å². The molecule has 26 heavy (non-hydrogen) atoms. The van der Waals surface area contributed by atoms with E-state index in [2.05, 4.69) is 5.32 Å². The van der Waals surface area contributed by atoms with Gasteiger partial charge in [0.05, 0.1) is 15.6 Å². The summed E-state index contributed by atoms with van der Waals surface area (Å²) in [6.45, 7) is 1.65. The minimum atomic E-state index is -1.20. The van der Waals surface area contributed by atoms with Crippen molar-refractivity contribution in [3.8, 4) is 0 Å². The average molecular weight is 375 g/mol. The van der Waals surface area contributed by atoms with Crippen LogP contribution in [0.15, 0.2) is 60.7 Å². The molecule has 1 atom stereocenters. The maximum absolute atomic E-state index is 12.6. The zero-order chi connectivity index (χ0) is 19.1. The highest BCUT2D eigenvalue weighted by molar-refractivity contribution is 6.34. The van der Waals surface area contributed by atoms with Crippen LogP contribution in [0.4, 0.5) is 11.4 Å². The Morgan fingerprint density at radius 3 is 2.50 bits per heavy atom. The maximum Gasteiger partial charge on any atom is 0.331 e. The number of amides is 1. The Morgan fingerprint density at radius 2 is 1.92 bits per heavy atom. The van der Waals surface area contributed by atoms with Gasteiger partial charge in [0.1, 0.15) is 0 Å². The fraction of sp³-hybridized carbons (Fsp3) is 0.111.